The number of rotatable bonds is 2. The lowest BCUT2D eigenvalue weighted by molar-refractivity contribution is 0.896. The normalized spacial score (nSPS) is 12.4. The van der Waals surface area contributed by atoms with Crippen molar-refractivity contribution in [3.63, 3.8) is 0 Å². The highest BCUT2D eigenvalue weighted by Crippen LogP contribution is 2.25. The first-order chi connectivity index (χ1) is 7.68. The maximum Gasteiger partial charge on any atom is 0.0372 e. The second kappa shape index (κ2) is 4.48. The summed E-state index contributed by atoms with van der Waals surface area (Å²) >= 11 is 0. The molecule has 0 aliphatic heterocycles. The summed E-state index contributed by atoms with van der Waals surface area (Å²) in [5.41, 5.74) is 5.07. The van der Waals surface area contributed by atoms with E-state index in [0.717, 1.165) is 5.69 Å². The summed E-state index contributed by atoms with van der Waals surface area (Å²) in [6, 6.07) is 12.8. The van der Waals surface area contributed by atoms with Gasteiger partial charge in [-0.25, -0.2) is 0 Å². The Bertz CT molecular complexity index is 471. The van der Waals surface area contributed by atoms with Crippen molar-refractivity contribution in [2.45, 2.75) is 26.7 Å². The highest BCUT2D eigenvalue weighted by molar-refractivity contribution is 5.35. The van der Waals surface area contributed by atoms with Crippen LogP contribution in [0.4, 0.5) is 0 Å². The second-order valence-corrected chi connectivity index (χ2v) is 4.31. The van der Waals surface area contributed by atoms with Crippen molar-refractivity contribution in [1.29, 1.82) is 0 Å². The van der Waals surface area contributed by atoms with Gasteiger partial charge in [-0.3, -0.25) is 4.98 Å². The van der Waals surface area contributed by atoms with E-state index in [1.165, 1.54) is 16.7 Å². The van der Waals surface area contributed by atoms with E-state index < -0.39 is 0 Å². The van der Waals surface area contributed by atoms with E-state index in [9.17, 15) is 0 Å². The molecule has 82 valence electrons. The lowest BCUT2D eigenvalue weighted by Gasteiger charge is -2.14. The fourth-order valence-electron chi connectivity index (χ4n) is 1.99. The Labute approximate surface area is 97.2 Å². The van der Waals surface area contributed by atoms with Gasteiger partial charge < -0.3 is 0 Å². The number of nitrogens with zero attached hydrogens (tertiary/aromatic N) is 1. The summed E-state index contributed by atoms with van der Waals surface area (Å²) in [6.45, 7) is 6.41. The topological polar surface area (TPSA) is 12.9 Å². The Kier molecular flexibility index (Phi) is 3.04. The third-order valence-electron chi connectivity index (χ3n) is 3.09. The summed E-state index contributed by atoms with van der Waals surface area (Å²) in [5, 5.41) is 0. The highest BCUT2D eigenvalue weighted by Gasteiger charge is 2.10. The minimum atomic E-state index is 0.411. The molecule has 2 rings (SSSR count). The fraction of sp³-hybridized carbons (Fsp3) is 0.267. The third-order valence-corrected chi connectivity index (χ3v) is 3.09. The summed E-state index contributed by atoms with van der Waals surface area (Å²) in [6.07, 6.45) is 1.98. The summed E-state index contributed by atoms with van der Waals surface area (Å²) < 4.78 is 0. The van der Waals surface area contributed by atoms with Crippen LogP contribution >= 0.6 is 0 Å². The Morgan fingerprint density at radius 3 is 2.38 bits per heavy atom. The van der Waals surface area contributed by atoms with Crippen LogP contribution in [0.1, 0.15) is 35.2 Å². The zero-order chi connectivity index (χ0) is 11.5. The zero-order valence-electron chi connectivity index (χ0n) is 10.1. The molecule has 1 aromatic carbocycles. The molecule has 1 heterocycles. The third kappa shape index (κ3) is 2.13. The molecule has 0 spiro atoms. The second-order valence-electron chi connectivity index (χ2n) is 4.31. The van der Waals surface area contributed by atoms with E-state index >= 15 is 0 Å². The van der Waals surface area contributed by atoms with E-state index in [1.54, 1.807) is 0 Å². The van der Waals surface area contributed by atoms with Crippen LogP contribution in [0.3, 0.4) is 0 Å². The van der Waals surface area contributed by atoms with Gasteiger partial charge in [0.05, 0.1) is 0 Å². The number of aryl methyl sites for hydroxylation is 2. The average Bonchev–Trinajstić information content (AvgIpc) is 2.30. The summed E-state index contributed by atoms with van der Waals surface area (Å²) in [7, 11) is 0. The van der Waals surface area contributed by atoms with E-state index in [4.69, 9.17) is 0 Å². The molecule has 0 aliphatic rings. The van der Waals surface area contributed by atoms with E-state index in [2.05, 4.69) is 55.2 Å². The predicted molar refractivity (Wildman–Crippen MR) is 67.7 cm³/mol. The molecule has 0 fully saturated rings. The first kappa shape index (κ1) is 10.9. The molecule has 1 nitrogen and oxygen atoms in total. The van der Waals surface area contributed by atoms with Crippen LogP contribution in [0.5, 0.6) is 0 Å². The molecule has 1 unspecified atom stereocenters. The van der Waals surface area contributed by atoms with Gasteiger partial charge in [0, 0.05) is 17.8 Å². The van der Waals surface area contributed by atoms with Crippen LogP contribution in [0.2, 0.25) is 0 Å². The number of hydrogen-bond acceptors (Lipinski definition) is 1. The van der Waals surface area contributed by atoms with Crippen LogP contribution in [0, 0.1) is 13.8 Å². The smallest absolute Gasteiger partial charge is 0.0372 e. The van der Waals surface area contributed by atoms with E-state index in [-0.39, 0.29) is 0 Å². The molecule has 0 amide bonds. The van der Waals surface area contributed by atoms with Gasteiger partial charge in [-0.2, -0.15) is 0 Å². The Morgan fingerprint density at radius 1 is 1.00 bits per heavy atom. The average molecular weight is 211 g/mol. The van der Waals surface area contributed by atoms with Gasteiger partial charge in [0.2, 0.25) is 0 Å². The van der Waals surface area contributed by atoms with Gasteiger partial charge in [0.1, 0.15) is 0 Å². The van der Waals surface area contributed by atoms with Gasteiger partial charge in [0.15, 0.2) is 0 Å². The molecule has 0 radical (unpaired) electrons. The van der Waals surface area contributed by atoms with Gasteiger partial charge in [-0.15, -0.1) is 0 Å². The molecule has 1 heteroatoms. The summed E-state index contributed by atoms with van der Waals surface area (Å²) in [5.74, 6) is 0.411. The van der Waals surface area contributed by atoms with E-state index in [0.29, 0.717) is 5.92 Å². The number of hydrogen-bond donors (Lipinski definition) is 0. The molecule has 0 aliphatic carbocycles. The molecule has 2 aromatic rings. The predicted octanol–water partition coefficient (Wildman–Crippen LogP) is 3.85. The quantitative estimate of drug-likeness (QED) is 0.735. The Morgan fingerprint density at radius 2 is 1.75 bits per heavy atom. The Hall–Kier alpha value is -1.63. The minimum absolute atomic E-state index is 0.411. The lowest BCUT2D eigenvalue weighted by Crippen LogP contribution is -1.99. The molecule has 1 aromatic heterocycles. The van der Waals surface area contributed by atoms with Gasteiger partial charge in [-0.05, 0) is 36.6 Å². The molecule has 16 heavy (non-hydrogen) atoms. The van der Waals surface area contributed by atoms with Gasteiger partial charge in [-0.1, -0.05) is 37.3 Å². The van der Waals surface area contributed by atoms with Crippen molar-refractivity contribution in [3.8, 4) is 0 Å². The van der Waals surface area contributed by atoms with Crippen molar-refractivity contribution in [3.05, 3.63) is 65.0 Å². The number of aromatic nitrogens is 1. The standard InChI is InChI=1S/C15H17N/c1-11-6-4-5-7-15(11)13(3)14-9-8-12(2)16-10-14/h4-10,13H,1-3H3. The van der Waals surface area contributed by atoms with Crippen molar-refractivity contribution < 1.29 is 0 Å². The van der Waals surface area contributed by atoms with Crippen LogP contribution in [0.15, 0.2) is 42.6 Å². The van der Waals surface area contributed by atoms with Crippen molar-refractivity contribution in [1.82, 2.24) is 4.98 Å². The number of benzene rings is 1. The van der Waals surface area contributed by atoms with Crippen molar-refractivity contribution in [2.75, 3.05) is 0 Å². The molecule has 0 saturated carbocycles. The molecular formula is C15H17N. The van der Waals surface area contributed by atoms with Gasteiger partial charge in [0.25, 0.3) is 0 Å². The zero-order valence-corrected chi connectivity index (χ0v) is 10.1. The minimum Gasteiger partial charge on any atom is -0.261 e. The molecule has 0 bridgehead atoms. The van der Waals surface area contributed by atoms with E-state index in [1.807, 2.05) is 13.1 Å². The monoisotopic (exact) mass is 211 g/mol. The first-order valence-electron chi connectivity index (χ1n) is 5.66. The SMILES string of the molecule is Cc1ccc(C(C)c2ccccc2C)cn1. The van der Waals surface area contributed by atoms with Gasteiger partial charge >= 0.3 is 0 Å². The maximum atomic E-state index is 4.36. The van der Waals surface area contributed by atoms with Crippen LogP contribution in [-0.2, 0) is 0 Å². The molecule has 0 N–H and O–H groups in total. The summed E-state index contributed by atoms with van der Waals surface area (Å²) in [4.78, 5) is 4.36. The van der Waals surface area contributed by atoms with Crippen molar-refractivity contribution in [2.24, 2.45) is 0 Å². The fourth-order valence-corrected chi connectivity index (χ4v) is 1.99. The largest absolute Gasteiger partial charge is 0.261 e. The van der Waals surface area contributed by atoms with Crippen LogP contribution in [0.25, 0.3) is 0 Å². The number of pyridine rings is 1. The molecular weight excluding hydrogens is 194 g/mol. The van der Waals surface area contributed by atoms with Crippen LogP contribution in [-0.4, -0.2) is 4.98 Å². The Balaban J connectivity index is 2.35. The molecule has 1 atom stereocenters. The lowest BCUT2D eigenvalue weighted by atomic mass is 9.91. The van der Waals surface area contributed by atoms with Crippen LogP contribution < -0.4 is 0 Å². The molecule has 0 saturated heterocycles. The first-order valence-corrected chi connectivity index (χ1v) is 5.66. The highest BCUT2D eigenvalue weighted by atomic mass is 14.7. The van der Waals surface area contributed by atoms with Crippen molar-refractivity contribution >= 4 is 0 Å². The maximum absolute atomic E-state index is 4.36.